The van der Waals surface area contributed by atoms with E-state index < -0.39 is 6.10 Å². The second kappa shape index (κ2) is 12.7. The van der Waals surface area contributed by atoms with Gasteiger partial charge in [-0.25, -0.2) is 4.68 Å². The Balaban J connectivity index is 1.93. The van der Waals surface area contributed by atoms with Crippen molar-refractivity contribution in [1.29, 1.82) is 0 Å². The van der Waals surface area contributed by atoms with Gasteiger partial charge in [0.2, 0.25) is 5.88 Å². The van der Waals surface area contributed by atoms with Gasteiger partial charge >= 0.3 is 0 Å². The molecule has 0 unspecified atom stereocenters. The van der Waals surface area contributed by atoms with Crippen molar-refractivity contribution < 1.29 is 19.3 Å². The summed E-state index contributed by atoms with van der Waals surface area (Å²) >= 11 is 0. The molecule has 184 valence electrons. The van der Waals surface area contributed by atoms with E-state index >= 15 is 0 Å². The van der Waals surface area contributed by atoms with Crippen LogP contribution in [0, 0.1) is 6.92 Å². The molecule has 7 heteroatoms. The zero-order chi connectivity index (χ0) is 24.5. The summed E-state index contributed by atoms with van der Waals surface area (Å²) in [6, 6.07) is 18.1. The van der Waals surface area contributed by atoms with Crippen molar-refractivity contribution in [2.45, 2.75) is 39.5 Å². The fourth-order valence-corrected chi connectivity index (χ4v) is 3.70. The van der Waals surface area contributed by atoms with Gasteiger partial charge in [-0.05, 0) is 32.9 Å². The van der Waals surface area contributed by atoms with E-state index in [-0.39, 0.29) is 12.7 Å². The minimum absolute atomic E-state index is 0.0691. The fourth-order valence-electron chi connectivity index (χ4n) is 3.70. The molecule has 0 radical (unpaired) electrons. The summed E-state index contributed by atoms with van der Waals surface area (Å²) in [7, 11) is 3.58. The SMILES string of the molecule is COCCN(Cc1c(-c2ccccc2)nn(C)c1Oc1ccc(C)cc1)C[C@H](O)COC(C)C. The van der Waals surface area contributed by atoms with Gasteiger partial charge in [-0.1, -0.05) is 48.0 Å². The van der Waals surface area contributed by atoms with Gasteiger partial charge in [-0.15, -0.1) is 0 Å². The highest BCUT2D eigenvalue weighted by atomic mass is 16.5. The van der Waals surface area contributed by atoms with Crippen LogP contribution in [-0.2, 0) is 23.1 Å². The first-order chi connectivity index (χ1) is 16.4. The third-order valence-electron chi connectivity index (χ3n) is 5.45. The molecule has 0 saturated heterocycles. The van der Waals surface area contributed by atoms with Crippen LogP contribution in [0.3, 0.4) is 0 Å². The van der Waals surface area contributed by atoms with E-state index in [4.69, 9.17) is 19.3 Å². The lowest BCUT2D eigenvalue weighted by atomic mass is 10.1. The van der Waals surface area contributed by atoms with E-state index in [9.17, 15) is 5.11 Å². The Hall–Kier alpha value is -2.71. The van der Waals surface area contributed by atoms with E-state index in [1.807, 2.05) is 75.5 Å². The molecule has 7 nitrogen and oxygen atoms in total. The van der Waals surface area contributed by atoms with Crippen LogP contribution in [0.1, 0.15) is 25.0 Å². The third-order valence-corrected chi connectivity index (χ3v) is 5.45. The lowest BCUT2D eigenvalue weighted by Gasteiger charge is -2.25. The van der Waals surface area contributed by atoms with Gasteiger partial charge in [0, 0.05) is 39.4 Å². The van der Waals surface area contributed by atoms with E-state index in [1.54, 1.807) is 11.8 Å². The normalized spacial score (nSPS) is 12.5. The maximum atomic E-state index is 10.6. The molecule has 1 N–H and O–H groups in total. The van der Waals surface area contributed by atoms with Crippen LogP contribution in [0.4, 0.5) is 0 Å². The zero-order valence-corrected chi connectivity index (χ0v) is 20.9. The van der Waals surface area contributed by atoms with Gasteiger partial charge < -0.3 is 19.3 Å². The van der Waals surface area contributed by atoms with Crippen LogP contribution in [0.25, 0.3) is 11.3 Å². The van der Waals surface area contributed by atoms with E-state index in [2.05, 4.69) is 11.8 Å². The van der Waals surface area contributed by atoms with Crippen molar-refractivity contribution in [3.8, 4) is 22.9 Å². The molecule has 0 aliphatic rings. The summed E-state index contributed by atoms with van der Waals surface area (Å²) in [5, 5.41) is 15.4. The Bertz CT molecular complexity index is 1000. The van der Waals surface area contributed by atoms with Crippen molar-refractivity contribution >= 4 is 0 Å². The van der Waals surface area contributed by atoms with Crippen molar-refractivity contribution in [2.75, 3.05) is 33.4 Å². The van der Waals surface area contributed by atoms with Crippen LogP contribution in [-0.4, -0.2) is 65.4 Å². The standard InChI is InChI=1S/C27H37N3O4/c1-20(2)33-19-23(31)17-30(15-16-32-5)18-25-26(22-9-7-6-8-10-22)28-29(4)27(25)34-24-13-11-21(3)12-14-24/h6-14,20,23,31H,15-19H2,1-5H3/t23-/m0/s1. The summed E-state index contributed by atoms with van der Waals surface area (Å²) in [4.78, 5) is 2.16. The molecule has 0 aliphatic heterocycles. The van der Waals surface area contributed by atoms with Crippen LogP contribution in [0.2, 0.25) is 0 Å². The molecule has 34 heavy (non-hydrogen) atoms. The Morgan fingerprint density at radius 3 is 2.41 bits per heavy atom. The summed E-state index contributed by atoms with van der Waals surface area (Å²) in [6.07, 6.45) is -0.544. The number of aliphatic hydroxyl groups is 1. The highest BCUT2D eigenvalue weighted by Gasteiger charge is 2.23. The molecule has 0 bridgehead atoms. The van der Waals surface area contributed by atoms with Crippen molar-refractivity contribution in [3.63, 3.8) is 0 Å². The number of ether oxygens (including phenoxy) is 3. The Morgan fingerprint density at radius 2 is 1.76 bits per heavy atom. The van der Waals surface area contributed by atoms with Gasteiger partial charge in [-0.3, -0.25) is 4.90 Å². The molecule has 1 atom stereocenters. The average Bonchev–Trinajstić information content (AvgIpc) is 3.13. The number of aromatic nitrogens is 2. The summed E-state index contributed by atoms with van der Waals surface area (Å²) < 4.78 is 19.1. The number of nitrogens with zero attached hydrogens (tertiary/aromatic N) is 3. The molecule has 0 spiro atoms. The van der Waals surface area contributed by atoms with E-state index in [0.717, 1.165) is 22.6 Å². The molecule has 3 rings (SSSR count). The van der Waals surface area contributed by atoms with Gasteiger partial charge in [0.15, 0.2) is 0 Å². The molecule has 0 amide bonds. The minimum Gasteiger partial charge on any atom is -0.439 e. The molecule has 0 fully saturated rings. The largest absolute Gasteiger partial charge is 0.439 e. The first-order valence-electron chi connectivity index (χ1n) is 11.7. The summed E-state index contributed by atoms with van der Waals surface area (Å²) in [6.45, 7) is 8.46. The monoisotopic (exact) mass is 467 g/mol. The zero-order valence-electron chi connectivity index (χ0n) is 20.9. The lowest BCUT2D eigenvalue weighted by Crippen LogP contribution is -2.37. The Labute approximate surface area is 202 Å². The first kappa shape index (κ1) is 25.9. The topological polar surface area (TPSA) is 69.0 Å². The second-order valence-corrected chi connectivity index (χ2v) is 8.80. The molecule has 2 aromatic carbocycles. The number of aryl methyl sites for hydroxylation is 2. The minimum atomic E-state index is -0.613. The Morgan fingerprint density at radius 1 is 1.06 bits per heavy atom. The smallest absolute Gasteiger partial charge is 0.222 e. The maximum absolute atomic E-state index is 10.6. The second-order valence-electron chi connectivity index (χ2n) is 8.80. The Kier molecular flexibility index (Phi) is 9.65. The number of benzene rings is 2. The number of methoxy groups -OCH3 is 1. The average molecular weight is 468 g/mol. The first-order valence-corrected chi connectivity index (χ1v) is 11.7. The van der Waals surface area contributed by atoms with Crippen LogP contribution < -0.4 is 4.74 Å². The van der Waals surface area contributed by atoms with Crippen molar-refractivity contribution in [2.24, 2.45) is 7.05 Å². The van der Waals surface area contributed by atoms with Crippen LogP contribution in [0.5, 0.6) is 11.6 Å². The number of hydrogen-bond acceptors (Lipinski definition) is 6. The van der Waals surface area contributed by atoms with E-state index in [1.165, 1.54) is 5.56 Å². The molecular formula is C27H37N3O4. The predicted octanol–water partition coefficient (Wildman–Crippen LogP) is 4.42. The lowest BCUT2D eigenvalue weighted by molar-refractivity contribution is -0.0121. The van der Waals surface area contributed by atoms with Crippen molar-refractivity contribution in [1.82, 2.24) is 14.7 Å². The number of rotatable bonds is 13. The fraction of sp³-hybridized carbons (Fsp3) is 0.444. The predicted molar refractivity (Wildman–Crippen MR) is 134 cm³/mol. The van der Waals surface area contributed by atoms with Crippen LogP contribution >= 0.6 is 0 Å². The van der Waals surface area contributed by atoms with Gasteiger partial charge in [0.25, 0.3) is 0 Å². The molecule has 1 heterocycles. The van der Waals surface area contributed by atoms with E-state index in [0.29, 0.717) is 32.1 Å². The van der Waals surface area contributed by atoms with Crippen molar-refractivity contribution in [3.05, 3.63) is 65.7 Å². The quantitative estimate of drug-likeness (QED) is 0.401. The maximum Gasteiger partial charge on any atom is 0.222 e. The molecule has 1 aromatic heterocycles. The highest BCUT2D eigenvalue weighted by Crippen LogP contribution is 2.34. The third kappa shape index (κ3) is 7.40. The van der Waals surface area contributed by atoms with Gasteiger partial charge in [0.1, 0.15) is 11.4 Å². The molecule has 0 saturated carbocycles. The van der Waals surface area contributed by atoms with Crippen LogP contribution in [0.15, 0.2) is 54.6 Å². The highest BCUT2D eigenvalue weighted by molar-refractivity contribution is 5.65. The summed E-state index contributed by atoms with van der Waals surface area (Å²) in [5.41, 5.74) is 4.01. The molecule has 0 aliphatic carbocycles. The molecular weight excluding hydrogens is 430 g/mol. The number of aliphatic hydroxyl groups excluding tert-OH is 1. The number of hydrogen-bond donors (Lipinski definition) is 1. The van der Waals surface area contributed by atoms with Gasteiger partial charge in [-0.2, -0.15) is 5.10 Å². The van der Waals surface area contributed by atoms with Gasteiger partial charge in [0.05, 0.1) is 31.0 Å². The summed E-state index contributed by atoms with van der Waals surface area (Å²) in [5.74, 6) is 1.43. The molecule has 3 aromatic rings.